The normalized spacial score (nSPS) is 27.2. The number of nitrogens with zero attached hydrogens (tertiary/aromatic N) is 2. The molecular formula is C20H25N3OS. The summed E-state index contributed by atoms with van der Waals surface area (Å²) in [6, 6.07) is 6.92. The Morgan fingerprint density at radius 2 is 1.96 bits per heavy atom. The lowest BCUT2D eigenvalue weighted by Crippen LogP contribution is -2.46. The Morgan fingerprint density at radius 1 is 1.16 bits per heavy atom. The van der Waals surface area contributed by atoms with Crippen LogP contribution in [0.5, 0.6) is 0 Å². The molecule has 0 bridgehead atoms. The molecule has 5 rings (SSSR count). The smallest absolute Gasteiger partial charge is 0.227 e. The molecule has 132 valence electrons. The van der Waals surface area contributed by atoms with E-state index in [9.17, 15) is 4.79 Å². The van der Waals surface area contributed by atoms with Crippen molar-refractivity contribution in [1.29, 1.82) is 0 Å². The number of nitrogens with one attached hydrogen (secondary N) is 1. The predicted molar refractivity (Wildman–Crippen MR) is 102 cm³/mol. The number of anilines is 1. The van der Waals surface area contributed by atoms with Gasteiger partial charge in [-0.25, -0.2) is 4.98 Å². The van der Waals surface area contributed by atoms with Gasteiger partial charge in [-0.15, -0.1) is 11.3 Å². The summed E-state index contributed by atoms with van der Waals surface area (Å²) in [6.45, 7) is 2.59. The lowest BCUT2D eigenvalue weighted by atomic mass is 9.79. The number of aromatic nitrogens is 1. The number of fused-ring (bicyclic) bond motifs is 1. The van der Waals surface area contributed by atoms with E-state index in [0.717, 1.165) is 30.1 Å². The summed E-state index contributed by atoms with van der Waals surface area (Å²) in [5.41, 5.74) is 1.99. The first-order valence-corrected chi connectivity index (χ1v) is 10.5. The number of carbonyl (C=O) groups excluding carboxylic acids is 1. The van der Waals surface area contributed by atoms with Crippen molar-refractivity contribution >= 4 is 33.1 Å². The first-order chi connectivity index (χ1) is 12.3. The molecule has 3 aliphatic rings. The maximum Gasteiger partial charge on any atom is 0.227 e. The van der Waals surface area contributed by atoms with Crippen LogP contribution in [0.2, 0.25) is 0 Å². The molecule has 0 unspecified atom stereocenters. The molecule has 25 heavy (non-hydrogen) atoms. The molecular weight excluding hydrogens is 330 g/mol. The van der Waals surface area contributed by atoms with Crippen LogP contribution in [0.3, 0.4) is 0 Å². The Bertz CT molecular complexity index is 785. The molecule has 0 radical (unpaired) electrons. The fourth-order valence-electron chi connectivity index (χ4n) is 4.16. The largest absolute Gasteiger partial charge is 0.326 e. The van der Waals surface area contributed by atoms with Gasteiger partial charge in [-0.1, -0.05) is 6.42 Å². The van der Waals surface area contributed by atoms with Gasteiger partial charge in [-0.2, -0.15) is 0 Å². The number of hydrogen-bond acceptors (Lipinski definition) is 4. The molecule has 2 saturated carbocycles. The summed E-state index contributed by atoms with van der Waals surface area (Å²) in [6.07, 6.45) is 8.77. The highest BCUT2D eigenvalue weighted by atomic mass is 32.1. The van der Waals surface area contributed by atoms with Crippen molar-refractivity contribution in [3.05, 3.63) is 23.2 Å². The van der Waals surface area contributed by atoms with Crippen LogP contribution in [-0.2, 0) is 4.79 Å². The summed E-state index contributed by atoms with van der Waals surface area (Å²) in [7, 11) is 0. The van der Waals surface area contributed by atoms with Crippen LogP contribution in [-0.4, -0.2) is 34.9 Å². The number of piperidine rings is 1. The van der Waals surface area contributed by atoms with E-state index in [2.05, 4.69) is 22.3 Å². The molecule has 1 aromatic carbocycles. The molecule has 5 heteroatoms. The van der Waals surface area contributed by atoms with Crippen molar-refractivity contribution < 1.29 is 4.79 Å². The maximum absolute atomic E-state index is 11.9. The van der Waals surface area contributed by atoms with E-state index in [4.69, 9.17) is 4.98 Å². The molecule has 2 heterocycles. The van der Waals surface area contributed by atoms with Gasteiger partial charge in [-0.05, 0) is 69.8 Å². The minimum atomic E-state index is 0.174. The standard InChI is InChI=1S/C20H25N3OS/c24-19(13-4-5-13)21-15-6-7-17-18(12-15)25-20(22-17)14-10-16(11-14)23-8-2-1-3-9-23/h6-7,12-14,16H,1-5,8-11H2,(H,21,24)/t14-,16+. The van der Waals surface area contributed by atoms with Gasteiger partial charge in [0, 0.05) is 23.6 Å². The Hall–Kier alpha value is -1.46. The SMILES string of the molecule is O=C(Nc1ccc2nc([C@H]3C[C@@H](N4CCCCC4)C3)sc2c1)C1CC1. The van der Waals surface area contributed by atoms with Crippen molar-refractivity contribution in [3.8, 4) is 0 Å². The average Bonchev–Trinajstić information content (AvgIpc) is 3.35. The third-order valence-electron chi connectivity index (χ3n) is 5.99. The molecule has 2 aliphatic carbocycles. The van der Waals surface area contributed by atoms with Crippen molar-refractivity contribution in [2.75, 3.05) is 18.4 Å². The zero-order chi connectivity index (χ0) is 16.8. The Balaban J connectivity index is 1.26. The topological polar surface area (TPSA) is 45.2 Å². The summed E-state index contributed by atoms with van der Waals surface area (Å²) < 4.78 is 1.20. The molecule has 1 saturated heterocycles. The number of benzene rings is 1. The van der Waals surface area contributed by atoms with Crippen LogP contribution in [0.4, 0.5) is 5.69 Å². The van der Waals surface area contributed by atoms with E-state index < -0.39 is 0 Å². The van der Waals surface area contributed by atoms with Gasteiger partial charge in [-0.3, -0.25) is 4.79 Å². The monoisotopic (exact) mass is 355 g/mol. The minimum Gasteiger partial charge on any atom is -0.326 e. The lowest BCUT2D eigenvalue weighted by Gasteiger charge is -2.43. The highest BCUT2D eigenvalue weighted by molar-refractivity contribution is 7.18. The quantitative estimate of drug-likeness (QED) is 0.885. The van der Waals surface area contributed by atoms with E-state index in [0.29, 0.717) is 5.92 Å². The first kappa shape index (κ1) is 15.8. The van der Waals surface area contributed by atoms with Crippen LogP contribution < -0.4 is 5.32 Å². The Morgan fingerprint density at radius 3 is 2.72 bits per heavy atom. The maximum atomic E-state index is 11.9. The summed E-state index contributed by atoms with van der Waals surface area (Å²) >= 11 is 1.81. The van der Waals surface area contributed by atoms with Crippen molar-refractivity contribution in [1.82, 2.24) is 9.88 Å². The molecule has 0 spiro atoms. The molecule has 1 N–H and O–H groups in total. The fraction of sp³-hybridized carbons (Fsp3) is 0.600. The molecule has 3 fully saturated rings. The van der Waals surface area contributed by atoms with Crippen molar-refractivity contribution in [2.45, 2.75) is 56.9 Å². The molecule has 2 aromatic rings. The van der Waals surface area contributed by atoms with Crippen LogP contribution in [0.15, 0.2) is 18.2 Å². The summed E-state index contributed by atoms with van der Waals surface area (Å²) in [5, 5.41) is 4.33. The molecule has 1 aromatic heterocycles. The van der Waals surface area contributed by atoms with E-state index in [1.54, 1.807) is 0 Å². The van der Waals surface area contributed by atoms with Crippen LogP contribution in [0.1, 0.15) is 55.9 Å². The van der Waals surface area contributed by atoms with Gasteiger partial charge in [0.1, 0.15) is 0 Å². The zero-order valence-electron chi connectivity index (χ0n) is 14.5. The third kappa shape index (κ3) is 3.20. The predicted octanol–water partition coefficient (Wildman–Crippen LogP) is 4.38. The number of likely N-dealkylation sites (tertiary alicyclic amines) is 1. The Kier molecular flexibility index (Phi) is 4.01. The highest BCUT2D eigenvalue weighted by Gasteiger charge is 2.36. The number of hydrogen-bond donors (Lipinski definition) is 1. The van der Waals surface area contributed by atoms with Gasteiger partial charge < -0.3 is 10.2 Å². The van der Waals surface area contributed by atoms with Crippen molar-refractivity contribution in [3.63, 3.8) is 0 Å². The van der Waals surface area contributed by atoms with Gasteiger partial charge in [0.15, 0.2) is 0 Å². The average molecular weight is 356 g/mol. The number of thiazole rings is 1. The second kappa shape index (κ2) is 6.36. The molecule has 1 aliphatic heterocycles. The van der Waals surface area contributed by atoms with Crippen molar-refractivity contribution in [2.24, 2.45) is 5.92 Å². The fourth-order valence-corrected chi connectivity index (χ4v) is 5.29. The molecule has 1 amide bonds. The van der Waals surface area contributed by atoms with E-state index in [-0.39, 0.29) is 11.8 Å². The second-order valence-corrected chi connectivity index (χ2v) is 8.98. The van der Waals surface area contributed by atoms with E-state index in [1.807, 2.05) is 17.4 Å². The first-order valence-electron chi connectivity index (χ1n) is 9.72. The van der Waals surface area contributed by atoms with E-state index >= 15 is 0 Å². The number of carbonyl (C=O) groups is 1. The van der Waals surface area contributed by atoms with Crippen LogP contribution in [0.25, 0.3) is 10.2 Å². The summed E-state index contributed by atoms with van der Waals surface area (Å²) in [5.74, 6) is 1.05. The van der Waals surface area contributed by atoms with Gasteiger partial charge >= 0.3 is 0 Å². The van der Waals surface area contributed by atoms with Gasteiger partial charge in [0.2, 0.25) is 5.91 Å². The molecule has 4 nitrogen and oxygen atoms in total. The number of rotatable bonds is 4. The Labute approximate surface area is 152 Å². The number of amides is 1. The molecule has 0 atom stereocenters. The lowest BCUT2D eigenvalue weighted by molar-refractivity contribution is -0.117. The van der Waals surface area contributed by atoms with Crippen LogP contribution >= 0.6 is 11.3 Å². The highest BCUT2D eigenvalue weighted by Crippen LogP contribution is 2.43. The summed E-state index contributed by atoms with van der Waals surface area (Å²) in [4.78, 5) is 19.5. The van der Waals surface area contributed by atoms with Gasteiger partial charge in [0.05, 0.1) is 15.2 Å². The minimum absolute atomic E-state index is 0.174. The van der Waals surface area contributed by atoms with E-state index in [1.165, 1.54) is 54.9 Å². The second-order valence-electron chi connectivity index (χ2n) is 7.92. The zero-order valence-corrected chi connectivity index (χ0v) is 15.4. The third-order valence-corrected chi connectivity index (χ3v) is 7.17. The van der Waals surface area contributed by atoms with Gasteiger partial charge in [0.25, 0.3) is 0 Å². The van der Waals surface area contributed by atoms with Crippen LogP contribution in [0, 0.1) is 5.92 Å².